The molecular formula is C28H29NO6. The summed E-state index contributed by atoms with van der Waals surface area (Å²) in [4.78, 5) is 18.0. The summed E-state index contributed by atoms with van der Waals surface area (Å²) in [6.07, 6.45) is 2.12. The molecule has 7 heteroatoms. The molecule has 0 spiro atoms. The van der Waals surface area contributed by atoms with Crippen molar-refractivity contribution in [3.05, 3.63) is 101 Å². The predicted molar refractivity (Wildman–Crippen MR) is 131 cm³/mol. The van der Waals surface area contributed by atoms with Gasteiger partial charge < -0.3 is 18.9 Å². The molecule has 0 fully saturated rings. The van der Waals surface area contributed by atoms with Crippen molar-refractivity contribution in [2.45, 2.75) is 25.6 Å². The van der Waals surface area contributed by atoms with Gasteiger partial charge in [-0.2, -0.15) is 0 Å². The highest BCUT2D eigenvalue weighted by Crippen LogP contribution is 2.30. The summed E-state index contributed by atoms with van der Waals surface area (Å²) in [6, 6.07) is 22.9. The van der Waals surface area contributed by atoms with Gasteiger partial charge in [0.15, 0.2) is 0 Å². The first-order valence-electron chi connectivity index (χ1n) is 11.4. The summed E-state index contributed by atoms with van der Waals surface area (Å²) in [7, 11) is 3.26. The smallest absolute Gasteiger partial charge is 0.307 e. The van der Waals surface area contributed by atoms with E-state index in [-0.39, 0.29) is 24.9 Å². The molecule has 0 saturated heterocycles. The highest BCUT2D eigenvalue weighted by Gasteiger charge is 2.24. The third-order valence-corrected chi connectivity index (χ3v) is 5.73. The van der Waals surface area contributed by atoms with Crippen LogP contribution in [-0.2, 0) is 27.6 Å². The van der Waals surface area contributed by atoms with E-state index >= 15 is 0 Å². The van der Waals surface area contributed by atoms with Crippen LogP contribution in [0, 0.1) is 0 Å². The average Bonchev–Trinajstić information content (AvgIpc) is 3.45. The molecule has 1 heterocycles. The Balaban J connectivity index is 1.36. The summed E-state index contributed by atoms with van der Waals surface area (Å²) in [5, 5.41) is 0. The van der Waals surface area contributed by atoms with Gasteiger partial charge in [-0.1, -0.05) is 36.4 Å². The molecular weight excluding hydrogens is 446 g/mol. The third kappa shape index (κ3) is 6.77. The van der Waals surface area contributed by atoms with Crippen LogP contribution in [0.3, 0.4) is 0 Å². The molecule has 1 aliphatic heterocycles. The number of hydroxylamine groups is 1. The van der Waals surface area contributed by atoms with E-state index in [1.165, 1.54) is 0 Å². The Bertz CT molecular complexity index is 1120. The van der Waals surface area contributed by atoms with Crippen molar-refractivity contribution in [3.63, 3.8) is 0 Å². The summed E-state index contributed by atoms with van der Waals surface area (Å²) in [5.74, 6) is 1.81. The van der Waals surface area contributed by atoms with E-state index in [1.807, 2.05) is 78.9 Å². The highest BCUT2D eigenvalue weighted by molar-refractivity contribution is 5.71. The van der Waals surface area contributed by atoms with Crippen LogP contribution < -0.4 is 19.7 Å². The van der Waals surface area contributed by atoms with Crippen LogP contribution in [0.2, 0.25) is 0 Å². The quantitative estimate of drug-likeness (QED) is 0.395. The van der Waals surface area contributed by atoms with Crippen molar-refractivity contribution in [1.29, 1.82) is 0 Å². The van der Waals surface area contributed by atoms with Gasteiger partial charge >= 0.3 is 5.97 Å². The van der Waals surface area contributed by atoms with Crippen molar-refractivity contribution >= 4 is 5.97 Å². The fourth-order valence-electron chi connectivity index (χ4n) is 3.71. The number of benzene rings is 3. The van der Waals surface area contributed by atoms with Crippen molar-refractivity contribution in [2.24, 2.45) is 0 Å². The molecule has 0 saturated carbocycles. The number of carbonyl (C=O) groups is 1. The Kier molecular flexibility index (Phi) is 8.25. The van der Waals surface area contributed by atoms with Crippen molar-refractivity contribution in [2.75, 3.05) is 20.8 Å². The third-order valence-electron chi connectivity index (χ3n) is 5.73. The Morgan fingerprint density at radius 1 is 0.829 bits per heavy atom. The highest BCUT2D eigenvalue weighted by atomic mass is 16.6. The average molecular weight is 476 g/mol. The molecule has 1 atom stereocenters. The molecule has 3 aromatic rings. The zero-order chi connectivity index (χ0) is 24.5. The van der Waals surface area contributed by atoms with E-state index in [1.54, 1.807) is 14.2 Å². The maximum absolute atomic E-state index is 12.7. The van der Waals surface area contributed by atoms with E-state index in [4.69, 9.17) is 23.8 Å². The Labute approximate surface area is 205 Å². The number of rotatable bonds is 11. The van der Waals surface area contributed by atoms with Gasteiger partial charge in [-0.05, 0) is 59.2 Å². The number of carbonyl (C=O) groups excluding carboxylic acids is 1. The standard InChI is InChI=1S/C28H29NO6/c1-31-23-9-3-20(4-10-23)18-33-25-13-7-22(8-14-25)26(27-15-16-35-29-27)17-28(30)34-19-21-5-11-24(32-2)12-6-21/h3-15,26,29H,16-19H2,1-2H3. The number of hydrogen-bond donors (Lipinski definition) is 1. The van der Waals surface area contributed by atoms with Crippen LogP contribution in [0.15, 0.2) is 84.6 Å². The van der Waals surface area contributed by atoms with Gasteiger partial charge in [-0.3, -0.25) is 15.1 Å². The van der Waals surface area contributed by atoms with E-state index in [0.717, 1.165) is 39.6 Å². The Morgan fingerprint density at radius 3 is 1.94 bits per heavy atom. The molecule has 4 rings (SSSR count). The molecule has 0 aliphatic carbocycles. The Hall–Kier alpha value is -3.97. The minimum absolute atomic E-state index is 0.185. The number of methoxy groups -OCH3 is 2. The second-order valence-electron chi connectivity index (χ2n) is 8.04. The maximum atomic E-state index is 12.7. The fourth-order valence-corrected chi connectivity index (χ4v) is 3.71. The summed E-state index contributed by atoms with van der Waals surface area (Å²) in [5.41, 5.74) is 6.67. The lowest BCUT2D eigenvalue weighted by Gasteiger charge is -2.19. The van der Waals surface area contributed by atoms with E-state index in [2.05, 4.69) is 5.48 Å². The predicted octanol–water partition coefficient (Wildman–Crippen LogP) is 4.92. The molecule has 1 N–H and O–H groups in total. The van der Waals surface area contributed by atoms with Gasteiger partial charge in [0.1, 0.15) is 30.5 Å². The topological polar surface area (TPSA) is 75.3 Å². The lowest BCUT2D eigenvalue weighted by atomic mass is 9.92. The van der Waals surface area contributed by atoms with Crippen molar-refractivity contribution < 1.29 is 28.6 Å². The second kappa shape index (κ2) is 11.9. The number of ether oxygens (including phenoxy) is 4. The summed E-state index contributed by atoms with van der Waals surface area (Å²) < 4.78 is 21.8. The minimum Gasteiger partial charge on any atom is -0.497 e. The lowest BCUT2D eigenvalue weighted by Crippen LogP contribution is -2.18. The van der Waals surface area contributed by atoms with Crippen LogP contribution >= 0.6 is 0 Å². The van der Waals surface area contributed by atoms with Crippen LogP contribution in [0.5, 0.6) is 17.2 Å². The largest absolute Gasteiger partial charge is 0.497 e. The first kappa shape index (κ1) is 24.2. The Morgan fingerprint density at radius 2 is 1.40 bits per heavy atom. The van der Waals surface area contributed by atoms with Gasteiger partial charge in [0.05, 0.1) is 27.2 Å². The van der Waals surface area contributed by atoms with Crippen LogP contribution in [0.4, 0.5) is 0 Å². The first-order chi connectivity index (χ1) is 17.1. The van der Waals surface area contributed by atoms with Gasteiger partial charge in [0.2, 0.25) is 0 Å². The molecule has 0 radical (unpaired) electrons. The molecule has 1 unspecified atom stereocenters. The SMILES string of the molecule is COc1ccc(COC(=O)CC(C2=CCON2)c2ccc(OCc3ccc(OC)cc3)cc2)cc1. The first-order valence-corrected chi connectivity index (χ1v) is 11.4. The van der Waals surface area contributed by atoms with Gasteiger partial charge in [0.25, 0.3) is 0 Å². The molecule has 0 aromatic heterocycles. The van der Waals surface area contributed by atoms with Gasteiger partial charge in [0, 0.05) is 11.6 Å². The second-order valence-corrected chi connectivity index (χ2v) is 8.04. The van der Waals surface area contributed by atoms with Crippen LogP contribution in [-0.4, -0.2) is 26.8 Å². The number of hydrogen-bond acceptors (Lipinski definition) is 7. The number of allylic oxidation sites excluding steroid dienone is 1. The zero-order valence-electron chi connectivity index (χ0n) is 19.9. The molecule has 7 nitrogen and oxygen atoms in total. The molecule has 182 valence electrons. The molecule has 0 bridgehead atoms. The summed E-state index contributed by atoms with van der Waals surface area (Å²) >= 11 is 0. The van der Waals surface area contributed by atoms with Crippen molar-refractivity contribution in [3.8, 4) is 17.2 Å². The number of nitrogens with one attached hydrogen (secondary N) is 1. The van der Waals surface area contributed by atoms with Crippen molar-refractivity contribution in [1.82, 2.24) is 5.48 Å². The van der Waals surface area contributed by atoms with Crippen LogP contribution in [0.1, 0.15) is 29.0 Å². The van der Waals surface area contributed by atoms with Crippen LogP contribution in [0.25, 0.3) is 0 Å². The van der Waals surface area contributed by atoms with Gasteiger partial charge in [-0.25, -0.2) is 0 Å². The molecule has 35 heavy (non-hydrogen) atoms. The van der Waals surface area contributed by atoms with E-state index < -0.39 is 0 Å². The molecule has 3 aromatic carbocycles. The maximum Gasteiger partial charge on any atom is 0.307 e. The molecule has 1 aliphatic rings. The van der Waals surface area contributed by atoms with E-state index in [9.17, 15) is 4.79 Å². The van der Waals surface area contributed by atoms with E-state index in [0.29, 0.717) is 13.2 Å². The lowest BCUT2D eigenvalue weighted by molar-refractivity contribution is -0.145. The number of esters is 1. The normalized spacial score (nSPS) is 13.4. The summed E-state index contributed by atoms with van der Waals surface area (Å²) in [6.45, 7) is 1.11. The molecule has 0 amide bonds. The minimum atomic E-state index is -0.291. The van der Waals surface area contributed by atoms with Gasteiger partial charge in [-0.15, -0.1) is 0 Å². The fraction of sp³-hybridized carbons (Fsp3) is 0.250. The monoisotopic (exact) mass is 475 g/mol. The zero-order valence-corrected chi connectivity index (χ0v) is 19.9.